The molecule has 0 aliphatic rings. The summed E-state index contributed by atoms with van der Waals surface area (Å²) in [6, 6.07) is 6.34. The first-order chi connectivity index (χ1) is 8.59. The zero-order valence-corrected chi connectivity index (χ0v) is 12.2. The lowest BCUT2D eigenvalue weighted by Gasteiger charge is -2.10. The Labute approximate surface area is 110 Å². The van der Waals surface area contributed by atoms with E-state index in [0.717, 1.165) is 17.1 Å². The van der Waals surface area contributed by atoms with Crippen LogP contribution < -0.4 is 0 Å². The predicted octanol–water partition coefficient (Wildman–Crippen LogP) is 4.40. The number of benzene rings is 1. The molecule has 0 bridgehead atoms. The first-order valence-corrected chi connectivity index (χ1v) is 6.46. The summed E-state index contributed by atoms with van der Waals surface area (Å²) in [6.07, 6.45) is 1.92. The molecule has 0 saturated carbocycles. The zero-order chi connectivity index (χ0) is 13.7. The molecule has 2 rings (SSSR count). The van der Waals surface area contributed by atoms with Gasteiger partial charge in [0.1, 0.15) is 5.82 Å². The van der Waals surface area contributed by atoms with Crippen LogP contribution in [0.3, 0.4) is 0 Å². The van der Waals surface area contributed by atoms with Crippen LogP contribution in [0.5, 0.6) is 0 Å². The van der Waals surface area contributed by atoms with Crippen molar-refractivity contribution in [2.24, 2.45) is 0 Å². The molecule has 18 heavy (non-hydrogen) atoms. The van der Waals surface area contributed by atoms with Crippen molar-refractivity contribution in [1.82, 2.24) is 9.97 Å². The molecule has 2 aromatic rings. The second kappa shape index (κ2) is 6.29. The van der Waals surface area contributed by atoms with Crippen molar-refractivity contribution in [3.8, 4) is 11.1 Å². The summed E-state index contributed by atoms with van der Waals surface area (Å²) in [5.41, 5.74) is 6.01. The van der Waals surface area contributed by atoms with Crippen LogP contribution in [0.2, 0.25) is 0 Å². The fourth-order valence-corrected chi connectivity index (χ4v) is 1.89. The minimum atomic E-state index is 0.826. The highest BCUT2D eigenvalue weighted by Gasteiger charge is 2.07. The lowest BCUT2D eigenvalue weighted by atomic mass is 9.97. The molecule has 0 atom stereocenters. The quantitative estimate of drug-likeness (QED) is 0.740. The van der Waals surface area contributed by atoms with E-state index in [4.69, 9.17) is 0 Å². The Bertz CT molecular complexity index is 531. The Hall–Kier alpha value is -1.70. The first-order valence-electron chi connectivity index (χ1n) is 6.46. The topological polar surface area (TPSA) is 25.8 Å². The molecule has 0 saturated heterocycles. The summed E-state index contributed by atoms with van der Waals surface area (Å²) < 4.78 is 0. The number of hydrogen-bond acceptors (Lipinski definition) is 2. The van der Waals surface area contributed by atoms with E-state index in [1.54, 1.807) is 0 Å². The van der Waals surface area contributed by atoms with Crippen LogP contribution in [0.25, 0.3) is 11.1 Å². The minimum Gasteiger partial charge on any atom is -0.241 e. The maximum atomic E-state index is 4.41. The van der Waals surface area contributed by atoms with Crippen LogP contribution in [-0.2, 0) is 0 Å². The molecule has 0 amide bonds. The van der Waals surface area contributed by atoms with Gasteiger partial charge >= 0.3 is 0 Å². The van der Waals surface area contributed by atoms with Crippen LogP contribution in [0.15, 0.2) is 24.4 Å². The summed E-state index contributed by atoms with van der Waals surface area (Å²) in [4.78, 5) is 8.69. The van der Waals surface area contributed by atoms with Crippen molar-refractivity contribution in [1.29, 1.82) is 0 Å². The molecule has 0 aliphatic carbocycles. The molecule has 0 unspecified atom stereocenters. The standard InChI is InChI=1S/C14H16N2.C2H6/c1-9-6-5-7-13(10(9)2)14-8-15-12(4)16-11(14)3;1-2/h5-8H,1-4H3;1-2H3. The number of rotatable bonds is 1. The third-order valence-electron chi connectivity index (χ3n) is 2.99. The van der Waals surface area contributed by atoms with E-state index in [-0.39, 0.29) is 0 Å². The van der Waals surface area contributed by atoms with Gasteiger partial charge in [0.2, 0.25) is 0 Å². The highest BCUT2D eigenvalue weighted by Crippen LogP contribution is 2.26. The molecule has 96 valence electrons. The normalized spacial score (nSPS) is 9.67. The van der Waals surface area contributed by atoms with Crippen molar-refractivity contribution in [3.05, 3.63) is 47.0 Å². The van der Waals surface area contributed by atoms with Crippen LogP contribution in [0, 0.1) is 27.7 Å². The molecular formula is C16H22N2. The minimum absolute atomic E-state index is 0.826. The molecule has 1 aromatic heterocycles. The maximum Gasteiger partial charge on any atom is 0.125 e. The van der Waals surface area contributed by atoms with E-state index in [9.17, 15) is 0 Å². The Morgan fingerprint density at radius 1 is 0.889 bits per heavy atom. The molecule has 1 aromatic carbocycles. The van der Waals surface area contributed by atoms with Gasteiger partial charge < -0.3 is 0 Å². The van der Waals surface area contributed by atoms with Gasteiger partial charge in [-0.15, -0.1) is 0 Å². The van der Waals surface area contributed by atoms with Gasteiger partial charge in [-0.25, -0.2) is 9.97 Å². The molecule has 0 N–H and O–H groups in total. The van der Waals surface area contributed by atoms with E-state index in [1.165, 1.54) is 16.7 Å². The number of nitrogens with zero attached hydrogens (tertiary/aromatic N) is 2. The predicted molar refractivity (Wildman–Crippen MR) is 77.8 cm³/mol. The highest BCUT2D eigenvalue weighted by atomic mass is 14.9. The molecule has 0 spiro atoms. The molecule has 0 radical (unpaired) electrons. The Morgan fingerprint density at radius 2 is 1.56 bits per heavy atom. The van der Waals surface area contributed by atoms with Gasteiger partial charge in [0.05, 0.1) is 0 Å². The van der Waals surface area contributed by atoms with Gasteiger partial charge in [-0.1, -0.05) is 32.0 Å². The summed E-state index contributed by atoms with van der Waals surface area (Å²) in [5, 5.41) is 0. The van der Waals surface area contributed by atoms with Crippen LogP contribution in [0.1, 0.15) is 36.5 Å². The smallest absolute Gasteiger partial charge is 0.125 e. The second-order valence-corrected chi connectivity index (χ2v) is 4.16. The largest absolute Gasteiger partial charge is 0.241 e. The van der Waals surface area contributed by atoms with Gasteiger partial charge in [-0.2, -0.15) is 0 Å². The van der Waals surface area contributed by atoms with E-state index in [0.29, 0.717) is 0 Å². The third kappa shape index (κ3) is 2.95. The van der Waals surface area contributed by atoms with Gasteiger partial charge in [0.25, 0.3) is 0 Å². The first kappa shape index (κ1) is 14.4. The number of aromatic nitrogens is 2. The fraction of sp³-hybridized carbons (Fsp3) is 0.375. The summed E-state index contributed by atoms with van der Waals surface area (Å²) in [6.45, 7) is 12.2. The van der Waals surface area contributed by atoms with Crippen molar-refractivity contribution >= 4 is 0 Å². The Kier molecular flexibility index (Phi) is 5.02. The second-order valence-electron chi connectivity index (χ2n) is 4.16. The fourth-order valence-electron chi connectivity index (χ4n) is 1.89. The lowest BCUT2D eigenvalue weighted by Crippen LogP contribution is -1.96. The van der Waals surface area contributed by atoms with E-state index in [2.05, 4.69) is 42.0 Å². The van der Waals surface area contributed by atoms with E-state index in [1.807, 2.05) is 33.9 Å². The van der Waals surface area contributed by atoms with Crippen molar-refractivity contribution in [2.45, 2.75) is 41.5 Å². The van der Waals surface area contributed by atoms with Crippen LogP contribution >= 0.6 is 0 Å². The van der Waals surface area contributed by atoms with E-state index < -0.39 is 0 Å². The average molecular weight is 242 g/mol. The summed E-state index contributed by atoms with van der Waals surface area (Å²) >= 11 is 0. The van der Waals surface area contributed by atoms with Gasteiger partial charge in [-0.3, -0.25) is 0 Å². The molecule has 0 fully saturated rings. The Balaban J connectivity index is 0.000000771. The summed E-state index contributed by atoms with van der Waals surface area (Å²) in [7, 11) is 0. The number of aryl methyl sites for hydroxylation is 3. The molecule has 2 heteroatoms. The molecular weight excluding hydrogens is 220 g/mol. The molecule has 0 aliphatic heterocycles. The highest BCUT2D eigenvalue weighted by molar-refractivity contribution is 5.69. The SMILES string of the molecule is CC.Cc1ncc(-c2cccc(C)c2C)c(C)n1. The molecule has 1 heterocycles. The van der Waals surface area contributed by atoms with Crippen LogP contribution in [0.4, 0.5) is 0 Å². The maximum absolute atomic E-state index is 4.41. The van der Waals surface area contributed by atoms with Crippen molar-refractivity contribution in [2.75, 3.05) is 0 Å². The lowest BCUT2D eigenvalue weighted by molar-refractivity contribution is 1.01. The zero-order valence-electron chi connectivity index (χ0n) is 12.2. The third-order valence-corrected chi connectivity index (χ3v) is 2.99. The summed E-state index contributed by atoms with van der Waals surface area (Å²) in [5.74, 6) is 0.826. The Morgan fingerprint density at radius 3 is 2.17 bits per heavy atom. The van der Waals surface area contributed by atoms with Crippen molar-refractivity contribution in [3.63, 3.8) is 0 Å². The number of hydrogen-bond donors (Lipinski definition) is 0. The molecule has 2 nitrogen and oxygen atoms in total. The van der Waals surface area contributed by atoms with Gasteiger partial charge in [0, 0.05) is 17.5 Å². The monoisotopic (exact) mass is 242 g/mol. The van der Waals surface area contributed by atoms with Gasteiger partial charge in [-0.05, 0) is 44.4 Å². The van der Waals surface area contributed by atoms with E-state index >= 15 is 0 Å². The van der Waals surface area contributed by atoms with Crippen LogP contribution in [-0.4, -0.2) is 9.97 Å². The average Bonchev–Trinajstić information content (AvgIpc) is 2.36. The van der Waals surface area contributed by atoms with Crippen molar-refractivity contribution < 1.29 is 0 Å². The van der Waals surface area contributed by atoms with Gasteiger partial charge in [0.15, 0.2) is 0 Å².